The smallest absolute Gasteiger partial charge is 0.258 e. The molecule has 0 fully saturated rings. The number of rotatable bonds is 0. The predicted molar refractivity (Wildman–Crippen MR) is 99.0 cm³/mol. The number of carbonyl (C=O) groups excluding carboxylic acids is 1. The lowest BCUT2D eigenvalue weighted by atomic mass is 9.90. The van der Waals surface area contributed by atoms with Crippen LogP contribution in [0.1, 0.15) is 27.7 Å². The summed E-state index contributed by atoms with van der Waals surface area (Å²) >= 11 is 7.92. The lowest BCUT2D eigenvalue weighted by Gasteiger charge is -2.48. The molecule has 0 aliphatic carbocycles. The zero-order valence-electron chi connectivity index (χ0n) is 13.1. The highest BCUT2D eigenvalue weighted by atomic mass is 35.5. The quantitative estimate of drug-likeness (QED) is 0.625. The molecule has 3 heterocycles. The molecule has 3 nitrogen and oxygen atoms in total. The third-order valence-electron chi connectivity index (χ3n) is 5.10. The Morgan fingerprint density at radius 2 is 2.08 bits per heavy atom. The fourth-order valence-corrected chi connectivity index (χ4v) is 5.49. The van der Waals surface area contributed by atoms with Gasteiger partial charge in [-0.1, -0.05) is 29.8 Å². The van der Waals surface area contributed by atoms with E-state index in [0.29, 0.717) is 10.6 Å². The van der Waals surface area contributed by atoms with Crippen molar-refractivity contribution < 1.29 is 4.79 Å². The number of nitrogens with zero attached hydrogens (tertiary/aromatic N) is 1. The minimum absolute atomic E-state index is 0.0750. The largest absolute Gasteiger partial charge is 0.358 e. The van der Waals surface area contributed by atoms with Crippen LogP contribution in [0.15, 0.2) is 42.5 Å². The van der Waals surface area contributed by atoms with Crippen LogP contribution in [0.3, 0.4) is 0 Å². The normalized spacial score (nSPS) is 21.9. The van der Waals surface area contributed by atoms with E-state index in [1.807, 2.05) is 17.0 Å². The van der Waals surface area contributed by atoms with E-state index in [0.717, 1.165) is 18.7 Å². The molecule has 1 unspecified atom stereocenters. The number of amides is 1. The maximum absolute atomic E-state index is 13.0. The Kier molecular flexibility index (Phi) is 2.83. The number of anilines is 1. The van der Waals surface area contributed by atoms with Crippen molar-refractivity contribution in [3.05, 3.63) is 63.5 Å². The van der Waals surface area contributed by atoms with E-state index in [1.54, 1.807) is 17.4 Å². The van der Waals surface area contributed by atoms with Crippen LogP contribution in [0, 0.1) is 0 Å². The van der Waals surface area contributed by atoms with Gasteiger partial charge in [0.25, 0.3) is 5.91 Å². The second-order valence-electron chi connectivity index (χ2n) is 6.50. The van der Waals surface area contributed by atoms with E-state index >= 15 is 0 Å². The van der Waals surface area contributed by atoms with E-state index in [4.69, 9.17) is 11.6 Å². The minimum Gasteiger partial charge on any atom is -0.358 e. The topological polar surface area (TPSA) is 32.3 Å². The number of carbonyl (C=O) groups is 1. The van der Waals surface area contributed by atoms with Gasteiger partial charge in [0.1, 0.15) is 5.66 Å². The molecule has 5 heteroatoms. The third-order valence-corrected chi connectivity index (χ3v) is 6.76. The van der Waals surface area contributed by atoms with Crippen LogP contribution < -0.4 is 5.32 Å². The van der Waals surface area contributed by atoms with Gasteiger partial charge in [-0.15, -0.1) is 11.3 Å². The highest BCUT2D eigenvalue weighted by molar-refractivity contribution is 7.19. The number of benzene rings is 2. The van der Waals surface area contributed by atoms with Crippen LogP contribution in [-0.2, 0) is 12.1 Å². The Bertz CT molecular complexity index is 1010. The van der Waals surface area contributed by atoms with E-state index < -0.39 is 5.66 Å². The van der Waals surface area contributed by atoms with Crippen molar-refractivity contribution in [1.29, 1.82) is 0 Å². The summed E-state index contributed by atoms with van der Waals surface area (Å²) in [6.45, 7) is 2.82. The summed E-state index contributed by atoms with van der Waals surface area (Å²) in [5, 5.41) is 5.54. The summed E-state index contributed by atoms with van der Waals surface area (Å²) in [7, 11) is 0. The second-order valence-corrected chi connectivity index (χ2v) is 7.99. The van der Waals surface area contributed by atoms with Gasteiger partial charge in [-0.2, -0.15) is 0 Å². The first-order valence-corrected chi connectivity index (χ1v) is 9.18. The Balaban J connectivity index is 1.75. The number of thiophene rings is 1. The first kappa shape index (κ1) is 14.3. The monoisotopic (exact) mass is 354 g/mol. The fourth-order valence-electron chi connectivity index (χ4n) is 3.95. The van der Waals surface area contributed by atoms with E-state index in [9.17, 15) is 4.79 Å². The SMILES string of the molecule is CC12Nc3cc(Cl)ccc3C(=O)N1CCc1c2sc2ccccc12. The molecule has 0 radical (unpaired) electrons. The average Bonchev–Trinajstić information content (AvgIpc) is 2.94. The molecule has 2 aromatic carbocycles. The lowest BCUT2D eigenvalue weighted by Crippen LogP contribution is -2.58. The van der Waals surface area contributed by atoms with E-state index in [2.05, 4.69) is 36.5 Å². The molecule has 24 heavy (non-hydrogen) atoms. The predicted octanol–water partition coefficient (Wildman–Crippen LogP) is 4.85. The molecule has 1 N–H and O–H groups in total. The summed E-state index contributed by atoms with van der Waals surface area (Å²) in [6.07, 6.45) is 0.894. The van der Waals surface area contributed by atoms with Gasteiger partial charge in [0.05, 0.1) is 16.1 Å². The van der Waals surface area contributed by atoms with Crippen molar-refractivity contribution in [3.63, 3.8) is 0 Å². The molecule has 1 aromatic heterocycles. The lowest BCUT2D eigenvalue weighted by molar-refractivity contribution is 0.0518. The second kappa shape index (κ2) is 4.74. The molecule has 2 aliphatic rings. The van der Waals surface area contributed by atoms with Crippen molar-refractivity contribution in [2.24, 2.45) is 0 Å². The van der Waals surface area contributed by atoms with Crippen LogP contribution in [-0.4, -0.2) is 17.4 Å². The molecule has 0 saturated heterocycles. The van der Waals surface area contributed by atoms with Gasteiger partial charge in [-0.25, -0.2) is 0 Å². The molecule has 5 rings (SSSR count). The van der Waals surface area contributed by atoms with Gasteiger partial charge in [0.15, 0.2) is 0 Å². The summed E-state index contributed by atoms with van der Waals surface area (Å²) in [5.74, 6) is 0.0750. The first-order chi connectivity index (χ1) is 11.6. The molecular weight excluding hydrogens is 340 g/mol. The highest BCUT2D eigenvalue weighted by Gasteiger charge is 2.47. The molecule has 120 valence electrons. The Morgan fingerprint density at radius 3 is 2.96 bits per heavy atom. The molecule has 2 aliphatic heterocycles. The number of nitrogens with one attached hydrogen (secondary N) is 1. The molecule has 1 amide bonds. The van der Waals surface area contributed by atoms with Crippen LogP contribution in [0.25, 0.3) is 10.1 Å². The summed E-state index contributed by atoms with van der Waals surface area (Å²) in [5.41, 5.74) is 2.35. The molecule has 3 aromatic rings. The highest BCUT2D eigenvalue weighted by Crippen LogP contribution is 2.47. The zero-order valence-corrected chi connectivity index (χ0v) is 14.7. The minimum atomic E-state index is -0.522. The fraction of sp³-hybridized carbons (Fsp3) is 0.211. The Labute approximate surface area is 148 Å². The van der Waals surface area contributed by atoms with Gasteiger partial charge < -0.3 is 10.2 Å². The maximum atomic E-state index is 13.0. The van der Waals surface area contributed by atoms with Gasteiger partial charge in [0.2, 0.25) is 0 Å². The van der Waals surface area contributed by atoms with E-state index in [1.165, 1.54) is 20.5 Å². The molecule has 0 spiro atoms. The van der Waals surface area contributed by atoms with Gasteiger partial charge >= 0.3 is 0 Å². The van der Waals surface area contributed by atoms with Gasteiger partial charge in [0, 0.05) is 16.3 Å². The zero-order chi connectivity index (χ0) is 16.5. The number of hydrogen-bond donors (Lipinski definition) is 1. The Morgan fingerprint density at radius 1 is 1.25 bits per heavy atom. The van der Waals surface area contributed by atoms with Crippen LogP contribution >= 0.6 is 22.9 Å². The number of fused-ring (bicyclic) bond motifs is 6. The van der Waals surface area contributed by atoms with Crippen LogP contribution in [0.4, 0.5) is 5.69 Å². The molecule has 1 atom stereocenters. The standard InChI is InChI=1S/C19H15ClN2OS/c1-19-17-13(12-4-2-3-5-16(12)24-17)8-9-22(19)18(23)14-7-6-11(20)10-15(14)21-19/h2-7,10,21H,8-9H2,1H3. The summed E-state index contributed by atoms with van der Waals surface area (Å²) in [6, 6.07) is 13.9. The third kappa shape index (κ3) is 1.75. The number of halogens is 1. The van der Waals surface area contributed by atoms with Crippen LogP contribution in [0.2, 0.25) is 5.02 Å². The summed E-state index contributed by atoms with van der Waals surface area (Å²) < 4.78 is 1.27. The van der Waals surface area contributed by atoms with Crippen LogP contribution in [0.5, 0.6) is 0 Å². The Hall–Kier alpha value is -2.04. The van der Waals surface area contributed by atoms with Gasteiger partial charge in [-0.05, 0) is 48.6 Å². The van der Waals surface area contributed by atoms with Crippen molar-refractivity contribution in [3.8, 4) is 0 Å². The van der Waals surface area contributed by atoms with Crippen molar-refractivity contribution in [2.75, 3.05) is 11.9 Å². The molecular formula is C19H15ClN2OS. The average molecular weight is 355 g/mol. The summed E-state index contributed by atoms with van der Waals surface area (Å²) in [4.78, 5) is 16.2. The van der Waals surface area contributed by atoms with Crippen molar-refractivity contribution >= 4 is 44.6 Å². The molecule has 0 saturated carbocycles. The van der Waals surface area contributed by atoms with Crippen molar-refractivity contribution in [2.45, 2.75) is 19.0 Å². The van der Waals surface area contributed by atoms with Gasteiger partial charge in [-0.3, -0.25) is 4.79 Å². The first-order valence-electron chi connectivity index (χ1n) is 7.98. The number of hydrogen-bond acceptors (Lipinski definition) is 3. The van der Waals surface area contributed by atoms with E-state index in [-0.39, 0.29) is 5.91 Å². The maximum Gasteiger partial charge on any atom is 0.258 e. The van der Waals surface area contributed by atoms with Crippen molar-refractivity contribution in [1.82, 2.24) is 4.90 Å². The molecule has 0 bridgehead atoms.